The van der Waals surface area contributed by atoms with Gasteiger partial charge in [0, 0.05) is 51.7 Å². The lowest BCUT2D eigenvalue weighted by molar-refractivity contribution is 0.0634. The standard InChI is InChI=1S/C15H19N5O3/c21-14(13-2-1-11-23-13)19-7-9-20(10-8-19)15(22)17-4-6-18-5-3-16-12-18/h1-3,5,11-12H,4,6-10H2,(H,17,22). The third kappa shape index (κ3) is 3.71. The van der Waals surface area contributed by atoms with Crippen LogP contribution >= 0.6 is 0 Å². The summed E-state index contributed by atoms with van der Waals surface area (Å²) in [6.45, 7) is 3.28. The van der Waals surface area contributed by atoms with Crippen LogP contribution in [0.1, 0.15) is 10.6 Å². The molecule has 122 valence electrons. The number of carbonyl (C=O) groups is 2. The number of amides is 3. The number of furan rings is 1. The van der Waals surface area contributed by atoms with E-state index in [9.17, 15) is 9.59 Å². The van der Waals surface area contributed by atoms with Gasteiger partial charge in [0.05, 0.1) is 12.6 Å². The van der Waals surface area contributed by atoms with Crippen molar-refractivity contribution in [1.82, 2.24) is 24.7 Å². The molecule has 3 rings (SSSR count). The van der Waals surface area contributed by atoms with Crippen LogP contribution in [0.25, 0.3) is 0 Å². The molecule has 1 aliphatic heterocycles. The van der Waals surface area contributed by atoms with Crippen LogP contribution in [0.5, 0.6) is 0 Å². The summed E-state index contributed by atoms with van der Waals surface area (Å²) >= 11 is 0. The molecule has 1 aliphatic rings. The summed E-state index contributed by atoms with van der Waals surface area (Å²) in [5.41, 5.74) is 0. The molecule has 1 saturated heterocycles. The Hall–Kier alpha value is -2.77. The van der Waals surface area contributed by atoms with Crippen LogP contribution in [-0.4, -0.2) is 64.0 Å². The van der Waals surface area contributed by atoms with Crippen molar-refractivity contribution in [3.05, 3.63) is 42.9 Å². The zero-order valence-electron chi connectivity index (χ0n) is 12.7. The Balaban J connectivity index is 1.41. The van der Waals surface area contributed by atoms with Gasteiger partial charge in [-0.3, -0.25) is 4.79 Å². The predicted octanol–water partition coefficient (Wildman–Crippen LogP) is 0.644. The molecule has 3 amide bonds. The maximum absolute atomic E-state index is 12.1. The highest BCUT2D eigenvalue weighted by molar-refractivity contribution is 5.91. The Morgan fingerprint density at radius 3 is 2.65 bits per heavy atom. The van der Waals surface area contributed by atoms with Crippen LogP contribution in [-0.2, 0) is 6.54 Å². The number of carbonyl (C=O) groups excluding carboxylic acids is 2. The highest BCUT2D eigenvalue weighted by Gasteiger charge is 2.25. The number of nitrogens with one attached hydrogen (secondary N) is 1. The average molecular weight is 317 g/mol. The van der Waals surface area contributed by atoms with E-state index >= 15 is 0 Å². The van der Waals surface area contributed by atoms with Gasteiger partial charge in [0.2, 0.25) is 0 Å². The minimum atomic E-state index is -0.129. The number of imidazole rings is 1. The molecule has 8 nitrogen and oxygen atoms in total. The van der Waals surface area contributed by atoms with Gasteiger partial charge in [-0.15, -0.1) is 0 Å². The second-order valence-corrected chi connectivity index (χ2v) is 5.29. The molecule has 8 heteroatoms. The Morgan fingerprint density at radius 2 is 2.00 bits per heavy atom. The molecule has 23 heavy (non-hydrogen) atoms. The minimum absolute atomic E-state index is 0.102. The number of nitrogens with zero attached hydrogens (tertiary/aromatic N) is 4. The summed E-state index contributed by atoms with van der Waals surface area (Å²) in [5, 5.41) is 2.88. The molecular weight excluding hydrogens is 298 g/mol. The van der Waals surface area contributed by atoms with Gasteiger partial charge in [-0.05, 0) is 12.1 Å². The molecule has 2 aromatic heterocycles. The third-order valence-corrected chi connectivity index (χ3v) is 3.79. The van der Waals surface area contributed by atoms with E-state index in [1.807, 2.05) is 10.8 Å². The topological polar surface area (TPSA) is 83.6 Å². The zero-order valence-corrected chi connectivity index (χ0v) is 12.7. The van der Waals surface area contributed by atoms with E-state index in [1.165, 1.54) is 6.26 Å². The van der Waals surface area contributed by atoms with Crippen LogP contribution in [0.4, 0.5) is 4.79 Å². The largest absolute Gasteiger partial charge is 0.459 e. The first-order valence-electron chi connectivity index (χ1n) is 7.55. The highest BCUT2D eigenvalue weighted by atomic mass is 16.3. The molecule has 0 bridgehead atoms. The van der Waals surface area contributed by atoms with E-state index in [1.54, 1.807) is 34.5 Å². The summed E-state index contributed by atoms with van der Waals surface area (Å²) in [4.78, 5) is 31.6. The molecule has 0 radical (unpaired) electrons. The first-order chi connectivity index (χ1) is 11.2. The van der Waals surface area contributed by atoms with Crippen molar-refractivity contribution in [1.29, 1.82) is 0 Å². The quantitative estimate of drug-likeness (QED) is 0.897. The molecule has 1 N–H and O–H groups in total. The van der Waals surface area contributed by atoms with Crippen LogP contribution in [0.3, 0.4) is 0 Å². The van der Waals surface area contributed by atoms with Gasteiger partial charge in [0.25, 0.3) is 5.91 Å². The first-order valence-corrected chi connectivity index (χ1v) is 7.55. The van der Waals surface area contributed by atoms with E-state index in [-0.39, 0.29) is 11.9 Å². The van der Waals surface area contributed by atoms with Crippen molar-refractivity contribution >= 4 is 11.9 Å². The van der Waals surface area contributed by atoms with Gasteiger partial charge >= 0.3 is 6.03 Å². The lowest BCUT2D eigenvalue weighted by Gasteiger charge is -2.34. The molecule has 0 atom stereocenters. The fourth-order valence-electron chi connectivity index (χ4n) is 2.49. The summed E-state index contributed by atoms with van der Waals surface area (Å²) in [6, 6.07) is 3.24. The van der Waals surface area contributed by atoms with Crippen LogP contribution < -0.4 is 5.32 Å². The van der Waals surface area contributed by atoms with Crippen molar-refractivity contribution in [2.24, 2.45) is 0 Å². The van der Waals surface area contributed by atoms with E-state index in [4.69, 9.17) is 4.42 Å². The zero-order chi connectivity index (χ0) is 16.1. The van der Waals surface area contributed by atoms with Gasteiger partial charge in [0.1, 0.15) is 0 Å². The SMILES string of the molecule is O=C(NCCn1ccnc1)N1CCN(C(=O)c2ccco2)CC1. The maximum Gasteiger partial charge on any atom is 0.317 e. The second-order valence-electron chi connectivity index (χ2n) is 5.29. The number of hydrogen-bond acceptors (Lipinski definition) is 4. The monoisotopic (exact) mass is 317 g/mol. The van der Waals surface area contributed by atoms with Crippen molar-refractivity contribution in [3.8, 4) is 0 Å². The van der Waals surface area contributed by atoms with E-state index in [2.05, 4.69) is 10.3 Å². The van der Waals surface area contributed by atoms with Crippen LogP contribution in [0, 0.1) is 0 Å². The predicted molar refractivity (Wildman–Crippen MR) is 81.8 cm³/mol. The Labute approximate surface area is 133 Å². The lowest BCUT2D eigenvalue weighted by Crippen LogP contribution is -2.53. The van der Waals surface area contributed by atoms with Crippen molar-refractivity contribution in [3.63, 3.8) is 0 Å². The van der Waals surface area contributed by atoms with E-state index in [0.29, 0.717) is 45.0 Å². The van der Waals surface area contributed by atoms with Crippen molar-refractivity contribution in [2.45, 2.75) is 6.54 Å². The first kappa shape index (κ1) is 15.1. The fraction of sp³-hybridized carbons (Fsp3) is 0.400. The van der Waals surface area contributed by atoms with Gasteiger partial charge in [0.15, 0.2) is 5.76 Å². The normalized spacial score (nSPS) is 14.8. The molecule has 0 unspecified atom stereocenters. The van der Waals surface area contributed by atoms with Gasteiger partial charge in [-0.1, -0.05) is 0 Å². The Kier molecular flexibility index (Phi) is 4.60. The second kappa shape index (κ2) is 6.99. The van der Waals surface area contributed by atoms with E-state index in [0.717, 1.165) is 0 Å². The van der Waals surface area contributed by atoms with Crippen molar-refractivity contribution in [2.75, 3.05) is 32.7 Å². The lowest BCUT2D eigenvalue weighted by atomic mass is 10.3. The summed E-state index contributed by atoms with van der Waals surface area (Å²) in [5.74, 6) is 0.207. The third-order valence-electron chi connectivity index (χ3n) is 3.79. The maximum atomic E-state index is 12.1. The van der Waals surface area contributed by atoms with Crippen LogP contribution in [0.2, 0.25) is 0 Å². The molecule has 0 saturated carbocycles. The summed E-state index contributed by atoms with van der Waals surface area (Å²) < 4.78 is 7.02. The number of rotatable bonds is 4. The molecule has 0 aromatic carbocycles. The number of piperazine rings is 1. The van der Waals surface area contributed by atoms with E-state index < -0.39 is 0 Å². The highest BCUT2D eigenvalue weighted by Crippen LogP contribution is 2.09. The number of urea groups is 1. The van der Waals surface area contributed by atoms with Gasteiger partial charge < -0.3 is 24.1 Å². The smallest absolute Gasteiger partial charge is 0.317 e. The Morgan fingerprint density at radius 1 is 1.22 bits per heavy atom. The fourth-order valence-corrected chi connectivity index (χ4v) is 2.49. The summed E-state index contributed by atoms with van der Waals surface area (Å²) in [6.07, 6.45) is 6.75. The molecule has 0 spiro atoms. The molecule has 0 aliphatic carbocycles. The Bertz CT molecular complexity index is 630. The average Bonchev–Trinajstić information content (AvgIpc) is 3.28. The number of hydrogen-bond donors (Lipinski definition) is 1. The van der Waals surface area contributed by atoms with Gasteiger partial charge in [-0.2, -0.15) is 0 Å². The van der Waals surface area contributed by atoms with Crippen molar-refractivity contribution < 1.29 is 14.0 Å². The number of aromatic nitrogens is 2. The van der Waals surface area contributed by atoms with Gasteiger partial charge in [-0.25, -0.2) is 9.78 Å². The molecule has 1 fully saturated rings. The molecular formula is C15H19N5O3. The molecule has 3 heterocycles. The molecule has 2 aromatic rings. The summed E-state index contributed by atoms with van der Waals surface area (Å²) in [7, 11) is 0. The van der Waals surface area contributed by atoms with Crippen LogP contribution in [0.15, 0.2) is 41.5 Å². The minimum Gasteiger partial charge on any atom is -0.459 e.